The van der Waals surface area contributed by atoms with E-state index in [9.17, 15) is 16.8 Å². The SMILES string of the molecule is COc1ccccc1S(=O)(=O)NCCc1cnc2nc1NCCCNS(=O)(=O)c1cccc(c1)N2. The lowest BCUT2D eigenvalue weighted by atomic mass is 10.2. The quantitative estimate of drug-likeness (QED) is 0.383. The molecule has 0 saturated heterocycles. The summed E-state index contributed by atoms with van der Waals surface area (Å²) in [5.74, 6) is 1.09. The van der Waals surface area contributed by atoms with Crippen LogP contribution in [0, 0.1) is 0 Å². The summed E-state index contributed by atoms with van der Waals surface area (Å²) in [4.78, 5) is 9.06. The molecule has 0 unspecified atom stereocenters. The van der Waals surface area contributed by atoms with Crippen molar-refractivity contribution < 1.29 is 21.6 Å². The van der Waals surface area contributed by atoms with E-state index < -0.39 is 20.0 Å². The number of sulfonamides is 2. The number of methoxy groups -OCH3 is 1. The van der Waals surface area contributed by atoms with Crippen LogP contribution in [0.3, 0.4) is 0 Å². The fraction of sp³-hybridized carbons (Fsp3) is 0.273. The van der Waals surface area contributed by atoms with Crippen LogP contribution in [0.5, 0.6) is 5.75 Å². The van der Waals surface area contributed by atoms with Gasteiger partial charge in [-0.25, -0.2) is 31.3 Å². The monoisotopic (exact) mass is 518 g/mol. The molecule has 0 fully saturated rings. The van der Waals surface area contributed by atoms with Crippen molar-refractivity contribution in [3.8, 4) is 5.75 Å². The normalized spacial score (nSPS) is 15.5. The van der Waals surface area contributed by atoms with Crippen LogP contribution in [0.4, 0.5) is 17.5 Å². The van der Waals surface area contributed by atoms with Gasteiger partial charge in [0.1, 0.15) is 16.5 Å². The summed E-state index contributed by atoms with van der Waals surface area (Å²) >= 11 is 0. The average Bonchev–Trinajstić information content (AvgIpc) is 2.85. The molecule has 35 heavy (non-hydrogen) atoms. The molecule has 186 valence electrons. The van der Waals surface area contributed by atoms with Crippen molar-refractivity contribution in [1.29, 1.82) is 0 Å². The van der Waals surface area contributed by atoms with E-state index in [2.05, 4.69) is 30.0 Å². The Bertz CT molecular complexity index is 1410. The predicted octanol–water partition coefficient (Wildman–Crippen LogP) is 1.84. The molecule has 2 heterocycles. The topological polar surface area (TPSA) is 151 Å². The number of anilines is 3. The first-order valence-electron chi connectivity index (χ1n) is 10.9. The molecular formula is C22H26N6O5S2. The minimum atomic E-state index is -3.78. The Kier molecular flexibility index (Phi) is 7.50. The third kappa shape index (κ3) is 6.06. The Labute approximate surface area is 204 Å². The molecule has 0 atom stereocenters. The zero-order valence-corrected chi connectivity index (χ0v) is 20.6. The van der Waals surface area contributed by atoms with E-state index in [0.717, 1.165) is 0 Å². The van der Waals surface area contributed by atoms with Gasteiger partial charge in [-0.1, -0.05) is 18.2 Å². The zero-order valence-electron chi connectivity index (χ0n) is 19.0. The minimum absolute atomic E-state index is 0.0619. The number of benzene rings is 2. The molecule has 11 nitrogen and oxygen atoms in total. The molecule has 4 N–H and O–H groups in total. The molecule has 0 radical (unpaired) electrons. The van der Waals surface area contributed by atoms with E-state index in [-0.39, 0.29) is 34.6 Å². The van der Waals surface area contributed by atoms with Gasteiger partial charge in [0.2, 0.25) is 26.0 Å². The molecule has 1 aliphatic rings. The van der Waals surface area contributed by atoms with E-state index in [1.165, 1.54) is 25.3 Å². The van der Waals surface area contributed by atoms with Gasteiger partial charge in [-0.15, -0.1) is 0 Å². The predicted molar refractivity (Wildman–Crippen MR) is 132 cm³/mol. The third-order valence-corrected chi connectivity index (χ3v) is 8.21. The molecule has 4 rings (SSSR count). The number of hydrogen-bond donors (Lipinski definition) is 4. The van der Waals surface area contributed by atoms with Crippen LogP contribution in [-0.2, 0) is 26.5 Å². The molecule has 3 aromatic rings. The van der Waals surface area contributed by atoms with E-state index in [1.54, 1.807) is 36.5 Å². The second kappa shape index (κ2) is 10.6. The minimum Gasteiger partial charge on any atom is -0.495 e. The number of hydrogen-bond acceptors (Lipinski definition) is 9. The van der Waals surface area contributed by atoms with Crippen molar-refractivity contribution in [1.82, 2.24) is 19.4 Å². The summed E-state index contributed by atoms with van der Waals surface area (Å²) in [5.41, 5.74) is 1.23. The Hall–Kier alpha value is -3.26. The van der Waals surface area contributed by atoms with Crippen LogP contribution in [0.2, 0.25) is 0 Å². The molecule has 0 saturated carbocycles. The highest BCUT2D eigenvalue weighted by atomic mass is 32.2. The first-order valence-corrected chi connectivity index (χ1v) is 13.8. The second-order valence-corrected chi connectivity index (χ2v) is 11.2. The van der Waals surface area contributed by atoms with Crippen LogP contribution in [0.25, 0.3) is 0 Å². The van der Waals surface area contributed by atoms with Crippen LogP contribution < -0.4 is 24.8 Å². The Morgan fingerprint density at radius 2 is 1.94 bits per heavy atom. The number of nitrogens with one attached hydrogen (secondary N) is 4. The maximum atomic E-state index is 12.7. The smallest absolute Gasteiger partial charge is 0.244 e. The van der Waals surface area contributed by atoms with Crippen LogP contribution in [0.15, 0.2) is 64.5 Å². The Balaban J connectivity index is 1.52. The van der Waals surface area contributed by atoms with Gasteiger partial charge in [0.15, 0.2) is 0 Å². The molecule has 1 aliphatic heterocycles. The van der Waals surface area contributed by atoms with E-state index >= 15 is 0 Å². The largest absolute Gasteiger partial charge is 0.495 e. The second-order valence-electron chi connectivity index (χ2n) is 7.70. The first kappa shape index (κ1) is 24.9. The maximum Gasteiger partial charge on any atom is 0.244 e. The number of fused-ring (bicyclic) bond motifs is 4. The summed E-state index contributed by atoms with van der Waals surface area (Å²) in [5, 5.41) is 6.22. The van der Waals surface area contributed by atoms with E-state index in [0.29, 0.717) is 36.5 Å². The lowest BCUT2D eigenvalue weighted by molar-refractivity contribution is 0.402. The van der Waals surface area contributed by atoms with E-state index in [1.807, 2.05) is 0 Å². The lowest BCUT2D eigenvalue weighted by Crippen LogP contribution is -2.27. The summed E-state index contributed by atoms with van der Waals surface area (Å²) < 4.78 is 60.8. The van der Waals surface area contributed by atoms with Gasteiger partial charge in [-0.3, -0.25) is 0 Å². The fourth-order valence-corrected chi connectivity index (χ4v) is 5.82. The number of nitrogens with zero attached hydrogens (tertiary/aromatic N) is 2. The number of aromatic nitrogens is 2. The molecule has 0 spiro atoms. The lowest BCUT2D eigenvalue weighted by Gasteiger charge is -2.14. The van der Waals surface area contributed by atoms with Crippen molar-refractivity contribution in [2.24, 2.45) is 0 Å². The van der Waals surface area contributed by atoms with Gasteiger partial charge in [-0.05, 0) is 43.2 Å². The van der Waals surface area contributed by atoms with Gasteiger partial charge in [0, 0.05) is 37.1 Å². The van der Waals surface area contributed by atoms with Crippen molar-refractivity contribution in [3.63, 3.8) is 0 Å². The van der Waals surface area contributed by atoms with Crippen LogP contribution in [-0.4, -0.2) is 53.5 Å². The molecular weight excluding hydrogens is 492 g/mol. The third-order valence-electron chi connectivity index (χ3n) is 5.25. The zero-order chi connectivity index (χ0) is 24.9. The molecule has 13 heteroatoms. The van der Waals surface area contributed by atoms with Gasteiger partial charge in [0.05, 0.1) is 12.0 Å². The highest BCUT2D eigenvalue weighted by Crippen LogP contribution is 2.23. The molecule has 4 bridgehead atoms. The maximum absolute atomic E-state index is 12.7. The molecule has 2 aromatic carbocycles. The standard InChI is InChI=1S/C22H26N6O5S2/c1-33-19-8-2-3-9-20(19)35(31,32)26-13-10-16-15-24-22-27-17-6-4-7-18(14-17)34(29,30)25-12-5-11-23-21(16)28-22/h2-4,6-9,14-15,25-26H,5,10-13H2,1H3,(H2,23,24,27,28). The van der Waals surface area contributed by atoms with Gasteiger partial charge in [-0.2, -0.15) is 4.98 Å². The van der Waals surface area contributed by atoms with Crippen LogP contribution in [0.1, 0.15) is 12.0 Å². The van der Waals surface area contributed by atoms with Gasteiger partial charge < -0.3 is 15.4 Å². The van der Waals surface area contributed by atoms with Crippen molar-refractivity contribution in [2.75, 3.05) is 37.4 Å². The Morgan fingerprint density at radius 1 is 1.11 bits per heavy atom. The summed E-state index contributed by atoms with van der Waals surface area (Å²) in [6.07, 6.45) is 2.47. The van der Waals surface area contributed by atoms with Gasteiger partial charge >= 0.3 is 0 Å². The number of rotatable bonds is 6. The summed E-state index contributed by atoms with van der Waals surface area (Å²) in [7, 11) is -5.99. The van der Waals surface area contributed by atoms with Crippen molar-refractivity contribution in [3.05, 3.63) is 60.3 Å². The van der Waals surface area contributed by atoms with Crippen LogP contribution >= 0.6 is 0 Å². The summed E-state index contributed by atoms with van der Waals surface area (Å²) in [6, 6.07) is 12.8. The highest BCUT2D eigenvalue weighted by molar-refractivity contribution is 7.89. The molecule has 0 amide bonds. The number of ether oxygens (including phenoxy) is 1. The molecule has 0 aliphatic carbocycles. The number of para-hydroxylation sites is 1. The first-order chi connectivity index (χ1) is 16.8. The molecule has 1 aromatic heterocycles. The Morgan fingerprint density at radius 3 is 2.77 bits per heavy atom. The highest BCUT2D eigenvalue weighted by Gasteiger charge is 2.19. The fourth-order valence-electron chi connectivity index (χ4n) is 3.50. The van der Waals surface area contributed by atoms with E-state index in [4.69, 9.17) is 4.74 Å². The average molecular weight is 519 g/mol. The van der Waals surface area contributed by atoms with Crippen molar-refractivity contribution >= 4 is 37.5 Å². The van der Waals surface area contributed by atoms with Gasteiger partial charge in [0.25, 0.3) is 0 Å². The van der Waals surface area contributed by atoms with Crippen molar-refractivity contribution in [2.45, 2.75) is 22.6 Å². The summed E-state index contributed by atoms with van der Waals surface area (Å²) in [6.45, 7) is 0.822.